The number of nitrogen functional groups attached to an aromatic ring is 1. The number of carbonyl (C=O) groups is 1. The molecule has 0 spiro atoms. The van der Waals surface area contributed by atoms with Crippen molar-refractivity contribution in [3.8, 4) is 17.0 Å². The van der Waals surface area contributed by atoms with Crippen LogP contribution in [0.3, 0.4) is 0 Å². The van der Waals surface area contributed by atoms with Crippen molar-refractivity contribution in [2.24, 2.45) is 0 Å². The molecule has 25 heavy (non-hydrogen) atoms. The van der Waals surface area contributed by atoms with Gasteiger partial charge in [-0.1, -0.05) is 11.6 Å². The number of fused-ring (bicyclic) bond motifs is 1. The highest BCUT2D eigenvalue weighted by Gasteiger charge is 2.29. The number of methoxy groups -OCH3 is 1. The van der Waals surface area contributed by atoms with E-state index in [1.165, 1.54) is 0 Å². The Morgan fingerprint density at radius 1 is 1.44 bits per heavy atom. The quantitative estimate of drug-likeness (QED) is 0.786. The lowest BCUT2D eigenvalue weighted by molar-refractivity contribution is 0.199. The first-order chi connectivity index (χ1) is 11.9. The molecule has 3 rings (SSSR count). The van der Waals surface area contributed by atoms with Gasteiger partial charge in [0.1, 0.15) is 5.75 Å². The molecule has 0 aliphatic carbocycles. The van der Waals surface area contributed by atoms with E-state index in [1.807, 2.05) is 6.92 Å². The fourth-order valence-corrected chi connectivity index (χ4v) is 3.66. The lowest BCUT2D eigenvalue weighted by Crippen LogP contribution is -2.36. The second-order valence-corrected chi connectivity index (χ2v) is 6.78. The molecule has 0 radical (unpaired) electrons. The van der Waals surface area contributed by atoms with Crippen LogP contribution in [-0.4, -0.2) is 34.6 Å². The van der Waals surface area contributed by atoms with Crippen LogP contribution in [0.2, 0.25) is 5.02 Å². The van der Waals surface area contributed by atoms with E-state index in [0.29, 0.717) is 41.7 Å². The molecule has 1 aliphatic heterocycles. The van der Waals surface area contributed by atoms with Crippen LogP contribution >= 0.6 is 27.5 Å². The number of nitrogens with zero attached hydrogens (tertiary/aromatic N) is 3. The highest BCUT2D eigenvalue weighted by molar-refractivity contribution is 9.10. The number of anilines is 1. The summed E-state index contributed by atoms with van der Waals surface area (Å²) in [6.07, 6.45) is 0. The lowest BCUT2D eigenvalue weighted by atomic mass is 10.1. The number of hydrogen-bond acceptors (Lipinski definition) is 5. The molecular formula is C16H17BrClN5O2. The maximum Gasteiger partial charge on any atom is 0.318 e. The van der Waals surface area contributed by atoms with Crippen molar-refractivity contribution < 1.29 is 9.53 Å². The first kappa shape index (κ1) is 17.8. The smallest absolute Gasteiger partial charge is 0.318 e. The number of carbonyl (C=O) groups excluding carboxylic acids is 1. The number of urea groups is 1. The van der Waals surface area contributed by atoms with Crippen molar-refractivity contribution in [2.45, 2.75) is 20.0 Å². The molecule has 2 aromatic rings. The van der Waals surface area contributed by atoms with E-state index in [1.54, 1.807) is 24.1 Å². The molecule has 0 fully saturated rings. The first-order valence-corrected chi connectivity index (χ1v) is 8.83. The van der Waals surface area contributed by atoms with Gasteiger partial charge in [-0.05, 0) is 35.0 Å². The number of rotatable bonds is 3. The molecule has 0 saturated carbocycles. The minimum Gasteiger partial charge on any atom is -0.496 e. The zero-order valence-corrected chi connectivity index (χ0v) is 16.1. The summed E-state index contributed by atoms with van der Waals surface area (Å²) in [7, 11) is 1.58. The summed E-state index contributed by atoms with van der Waals surface area (Å²) in [5, 5.41) is 3.29. The molecule has 0 saturated heterocycles. The highest BCUT2D eigenvalue weighted by Crippen LogP contribution is 2.39. The molecule has 9 heteroatoms. The first-order valence-electron chi connectivity index (χ1n) is 7.66. The molecule has 2 heterocycles. The van der Waals surface area contributed by atoms with Gasteiger partial charge in [0.2, 0.25) is 5.95 Å². The highest BCUT2D eigenvalue weighted by atomic mass is 79.9. The number of halogens is 2. The van der Waals surface area contributed by atoms with Crippen LogP contribution in [-0.2, 0) is 13.1 Å². The molecule has 1 aromatic carbocycles. The van der Waals surface area contributed by atoms with Crippen LogP contribution in [0.1, 0.15) is 18.2 Å². The zero-order chi connectivity index (χ0) is 18.1. The minimum atomic E-state index is -0.149. The van der Waals surface area contributed by atoms with Gasteiger partial charge in [0, 0.05) is 17.7 Å². The Kier molecular flexibility index (Phi) is 5.01. The van der Waals surface area contributed by atoms with Crippen molar-refractivity contribution >= 4 is 39.5 Å². The Morgan fingerprint density at radius 3 is 2.88 bits per heavy atom. The molecule has 2 amide bonds. The number of nitrogens with one attached hydrogen (secondary N) is 1. The van der Waals surface area contributed by atoms with Crippen molar-refractivity contribution in [1.82, 2.24) is 20.2 Å². The predicted octanol–water partition coefficient (Wildman–Crippen LogP) is 3.20. The van der Waals surface area contributed by atoms with E-state index < -0.39 is 0 Å². The van der Waals surface area contributed by atoms with Crippen molar-refractivity contribution in [2.75, 3.05) is 19.4 Å². The molecule has 0 atom stereocenters. The monoisotopic (exact) mass is 425 g/mol. The second-order valence-electron chi connectivity index (χ2n) is 5.51. The fraction of sp³-hybridized carbons (Fsp3) is 0.312. The Labute approximate surface area is 158 Å². The standard InChI is InChI=1S/C16H17BrClN5O2/c1-3-20-16(24)23-6-9-12(7-23)21-15(19)22-14(9)8-4-13(25-2)10(17)5-11(8)18/h4-5H,3,6-7H2,1-2H3,(H,20,24)(H2,19,21,22). The molecule has 3 N–H and O–H groups in total. The van der Waals surface area contributed by atoms with E-state index in [0.717, 1.165) is 15.7 Å². The van der Waals surface area contributed by atoms with Gasteiger partial charge in [-0.15, -0.1) is 0 Å². The molecule has 1 aliphatic rings. The van der Waals surface area contributed by atoms with E-state index in [9.17, 15) is 4.79 Å². The summed E-state index contributed by atoms with van der Waals surface area (Å²) in [6, 6.07) is 3.39. The molecule has 7 nitrogen and oxygen atoms in total. The summed E-state index contributed by atoms with van der Waals surface area (Å²) in [4.78, 5) is 22.5. The minimum absolute atomic E-state index is 0.143. The van der Waals surface area contributed by atoms with E-state index in [4.69, 9.17) is 22.1 Å². The summed E-state index contributed by atoms with van der Waals surface area (Å²) < 4.78 is 6.09. The zero-order valence-electron chi connectivity index (χ0n) is 13.8. The van der Waals surface area contributed by atoms with Crippen LogP contribution < -0.4 is 15.8 Å². The summed E-state index contributed by atoms with van der Waals surface area (Å²) in [5.74, 6) is 0.772. The maximum atomic E-state index is 12.1. The van der Waals surface area contributed by atoms with Gasteiger partial charge in [-0.3, -0.25) is 0 Å². The number of hydrogen-bond donors (Lipinski definition) is 2. The molecule has 0 unspecified atom stereocenters. The van der Waals surface area contributed by atoms with Gasteiger partial charge in [0.05, 0.1) is 41.1 Å². The number of ether oxygens (including phenoxy) is 1. The maximum absolute atomic E-state index is 12.1. The van der Waals surface area contributed by atoms with Crippen LogP contribution in [0.15, 0.2) is 16.6 Å². The average molecular weight is 427 g/mol. The third-order valence-corrected chi connectivity index (χ3v) is 4.84. The number of amides is 2. The van der Waals surface area contributed by atoms with Gasteiger partial charge in [0.15, 0.2) is 0 Å². The third-order valence-electron chi connectivity index (χ3n) is 3.91. The van der Waals surface area contributed by atoms with Crippen molar-refractivity contribution in [1.29, 1.82) is 0 Å². The SMILES string of the molecule is CCNC(=O)N1Cc2nc(N)nc(-c3cc(OC)c(Br)cc3Cl)c2C1. The van der Waals surface area contributed by atoms with E-state index >= 15 is 0 Å². The van der Waals surface area contributed by atoms with Crippen LogP contribution in [0.5, 0.6) is 5.75 Å². The predicted molar refractivity (Wildman–Crippen MR) is 99.5 cm³/mol. The average Bonchev–Trinajstić information content (AvgIpc) is 2.98. The van der Waals surface area contributed by atoms with Crippen molar-refractivity contribution in [3.63, 3.8) is 0 Å². The topological polar surface area (TPSA) is 93.4 Å². The van der Waals surface area contributed by atoms with E-state index in [-0.39, 0.29) is 12.0 Å². The van der Waals surface area contributed by atoms with Crippen LogP contribution in [0.4, 0.5) is 10.7 Å². The third kappa shape index (κ3) is 3.36. The van der Waals surface area contributed by atoms with Crippen molar-refractivity contribution in [3.05, 3.63) is 32.9 Å². The normalized spacial score (nSPS) is 12.9. The molecule has 0 bridgehead atoms. The number of benzene rings is 1. The van der Waals surface area contributed by atoms with Gasteiger partial charge >= 0.3 is 6.03 Å². The Balaban J connectivity index is 2.08. The van der Waals surface area contributed by atoms with Gasteiger partial charge < -0.3 is 20.7 Å². The summed E-state index contributed by atoms with van der Waals surface area (Å²) in [5.41, 5.74) is 8.74. The fourth-order valence-electron chi connectivity index (χ4n) is 2.77. The molecule has 132 valence electrons. The largest absolute Gasteiger partial charge is 0.496 e. The summed E-state index contributed by atoms with van der Waals surface area (Å²) >= 11 is 9.82. The Bertz CT molecular complexity index is 846. The van der Waals surface area contributed by atoms with Crippen LogP contribution in [0.25, 0.3) is 11.3 Å². The second kappa shape index (κ2) is 7.05. The number of nitrogens with two attached hydrogens (primary N) is 1. The molecular weight excluding hydrogens is 410 g/mol. The number of aromatic nitrogens is 2. The van der Waals surface area contributed by atoms with Gasteiger partial charge in [0.25, 0.3) is 0 Å². The summed E-state index contributed by atoms with van der Waals surface area (Å²) in [6.45, 7) is 3.21. The van der Waals surface area contributed by atoms with Crippen LogP contribution in [0, 0.1) is 0 Å². The van der Waals surface area contributed by atoms with Gasteiger partial charge in [-0.25, -0.2) is 14.8 Å². The Hall–Kier alpha value is -2.06. The van der Waals surface area contributed by atoms with Gasteiger partial charge in [-0.2, -0.15) is 0 Å². The van der Waals surface area contributed by atoms with E-state index in [2.05, 4.69) is 31.2 Å². The molecule has 1 aromatic heterocycles. The lowest BCUT2D eigenvalue weighted by Gasteiger charge is -2.15. The Morgan fingerprint density at radius 2 is 2.20 bits per heavy atom.